The number of morpholine rings is 1. The third-order valence-electron chi connectivity index (χ3n) is 4.16. The summed E-state index contributed by atoms with van der Waals surface area (Å²) >= 11 is 0. The molecule has 1 N–H and O–H groups in total. The van der Waals surface area contributed by atoms with Gasteiger partial charge in [-0.15, -0.1) is 0 Å². The standard InChI is InChI=1S/C19H29N3O3/c1-15(2)14-19(24)20-8-9-22(16(3)23)18-7-5-4-6-17(18)21-10-12-25-13-11-21/h4-7,15H,8-14H2,1-3H3,(H,20,24). The Balaban J connectivity index is 2.07. The first-order chi connectivity index (χ1) is 12.0. The smallest absolute Gasteiger partial charge is 0.223 e. The molecule has 25 heavy (non-hydrogen) atoms. The zero-order chi connectivity index (χ0) is 18.2. The number of carbonyl (C=O) groups is 2. The van der Waals surface area contributed by atoms with Crippen LogP contribution >= 0.6 is 0 Å². The molecule has 1 heterocycles. The van der Waals surface area contributed by atoms with Crippen LogP contribution in [-0.2, 0) is 14.3 Å². The predicted octanol–water partition coefficient (Wildman–Crippen LogP) is 2.04. The third-order valence-corrected chi connectivity index (χ3v) is 4.16. The summed E-state index contributed by atoms with van der Waals surface area (Å²) in [5, 5.41) is 2.90. The number of hydrogen-bond acceptors (Lipinski definition) is 4. The number of amides is 2. The Labute approximate surface area is 150 Å². The van der Waals surface area contributed by atoms with Gasteiger partial charge in [-0.2, -0.15) is 0 Å². The van der Waals surface area contributed by atoms with Gasteiger partial charge in [-0.05, 0) is 18.1 Å². The summed E-state index contributed by atoms with van der Waals surface area (Å²) in [6, 6.07) is 7.92. The molecule has 0 unspecified atom stereocenters. The molecule has 0 aliphatic carbocycles. The van der Waals surface area contributed by atoms with E-state index in [4.69, 9.17) is 4.74 Å². The molecule has 0 bridgehead atoms. The van der Waals surface area contributed by atoms with E-state index >= 15 is 0 Å². The van der Waals surface area contributed by atoms with E-state index in [0.29, 0.717) is 38.6 Å². The van der Waals surface area contributed by atoms with E-state index in [2.05, 4.69) is 10.2 Å². The van der Waals surface area contributed by atoms with Crippen molar-refractivity contribution in [2.24, 2.45) is 5.92 Å². The number of ether oxygens (including phenoxy) is 1. The van der Waals surface area contributed by atoms with Gasteiger partial charge in [0.15, 0.2) is 0 Å². The maximum Gasteiger partial charge on any atom is 0.223 e. The fourth-order valence-corrected chi connectivity index (χ4v) is 2.96. The van der Waals surface area contributed by atoms with Gasteiger partial charge in [-0.1, -0.05) is 26.0 Å². The molecule has 1 aliphatic heterocycles. The van der Waals surface area contributed by atoms with Gasteiger partial charge in [0.25, 0.3) is 0 Å². The molecule has 6 nitrogen and oxygen atoms in total. The Bertz CT molecular complexity index is 583. The van der Waals surface area contributed by atoms with Crippen molar-refractivity contribution in [1.82, 2.24) is 5.32 Å². The molecular weight excluding hydrogens is 318 g/mol. The van der Waals surface area contributed by atoms with Crippen LogP contribution in [0.25, 0.3) is 0 Å². The number of hydrogen-bond donors (Lipinski definition) is 1. The number of rotatable bonds is 7. The van der Waals surface area contributed by atoms with E-state index < -0.39 is 0 Å². The second-order valence-electron chi connectivity index (χ2n) is 6.71. The lowest BCUT2D eigenvalue weighted by Crippen LogP contribution is -2.40. The van der Waals surface area contributed by atoms with Gasteiger partial charge in [-0.3, -0.25) is 9.59 Å². The van der Waals surface area contributed by atoms with Gasteiger partial charge in [0.2, 0.25) is 11.8 Å². The number of nitrogens with one attached hydrogen (secondary N) is 1. The van der Waals surface area contributed by atoms with Crippen molar-refractivity contribution in [3.63, 3.8) is 0 Å². The molecule has 1 aromatic rings. The fraction of sp³-hybridized carbons (Fsp3) is 0.579. The highest BCUT2D eigenvalue weighted by molar-refractivity contribution is 5.95. The highest BCUT2D eigenvalue weighted by Gasteiger charge is 2.20. The fourth-order valence-electron chi connectivity index (χ4n) is 2.96. The summed E-state index contributed by atoms with van der Waals surface area (Å²) in [7, 11) is 0. The quantitative estimate of drug-likeness (QED) is 0.820. The van der Waals surface area contributed by atoms with Crippen LogP contribution in [0.3, 0.4) is 0 Å². The number of nitrogens with zero attached hydrogens (tertiary/aromatic N) is 2. The van der Waals surface area contributed by atoms with Crippen LogP contribution in [0.5, 0.6) is 0 Å². The van der Waals surface area contributed by atoms with Crippen molar-refractivity contribution in [2.75, 3.05) is 49.2 Å². The molecule has 1 aromatic carbocycles. The van der Waals surface area contributed by atoms with Crippen molar-refractivity contribution in [1.29, 1.82) is 0 Å². The van der Waals surface area contributed by atoms with Crippen LogP contribution in [0.4, 0.5) is 11.4 Å². The molecule has 1 aliphatic rings. The number of anilines is 2. The molecule has 0 atom stereocenters. The number of benzene rings is 1. The minimum Gasteiger partial charge on any atom is -0.378 e. The summed E-state index contributed by atoms with van der Waals surface area (Å²) in [6.07, 6.45) is 0.504. The molecule has 0 spiro atoms. The number of para-hydroxylation sites is 2. The molecular formula is C19H29N3O3. The van der Waals surface area contributed by atoms with Gasteiger partial charge in [0, 0.05) is 39.5 Å². The predicted molar refractivity (Wildman–Crippen MR) is 100.0 cm³/mol. The van der Waals surface area contributed by atoms with Crippen LogP contribution in [-0.4, -0.2) is 51.2 Å². The lowest BCUT2D eigenvalue weighted by Gasteiger charge is -2.33. The van der Waals surface area contributed by atoms with Crippen molar-refractivity contribution < 1.29 is 14.3 Å². The van der Waals surface area contributed by atoms with Gasteiger partial charge >= 0.3 is 0 Å². The molecule has 1 saturated heterocycles. The first kappa shape index (κ1) is 19.2. The monoisotopic (exact) mass is 347 g/mol. The van der Waals surface area contributed by atoms with E-state index in [-0.39, 0.29) is 11.8 Å². The van der Waals surface area contributed by atoms with Crippen molar-refractivity contribution in [3.05, 3.63) is 24.3 Å². The minimum atomic E-state index is -0.0289. The Hall–Kier alpha value is -2.08. The van der Waals surface area contributed by atoms with E-state index in [1.165, 1.54) is 0 Å². The Morgan fingerprint density at radius 3 is 2.56 bits per heavy atom. The number of carbonyl (C=O) groups excluding carboxylic acids is 2. The normalized spacial score (nSPS) is 14.5. The Morgan fingerprint density at radius 2 is 1.92 bits per heavy atom. The zero-order valence-corrected chi connectivity index (χ0v) is 15.5. The second-order valence-corrected chi connectivity index (χ2v) is 6.71. The zero-order valence-electron chi connectivity index (χ0n) is 15.5. The van der Waals surface area contributed by atoms with Crippen LogP contribution in [0.15, 0.2) is 24.3 Å². The van der Waals surface area contributed by atoms with E-state index in [1.807, 2.05) is 38.1 Å². The second kappa shape index (κ2) is 9.42. The molecule has 2 amide bonds. The topological polar surface area (TPSA) is 61.9 Å². The Kier molecular flexibility index (Phi) is 7.25. The summed E-state index contributed by atoms with van der Waals surface area (Å²) < 4.78 is 5.42. The van der Waals surface area contributed by atoms with Crippen LogP contribution in [0.2, 0.25) is 0 Å². The Morgan fingerprint density at radius 1 is 1.24 bits per heavy atom. The van der Waals surface area contributed by atoms with Crippen molar-refractivity contribution in [2.45, 2.75) is 27.2 Å². The molecule has 2 rings (SSSR count). The highest BCUT2D eigenvalue weighted by Crippen LogP contribution is 2.29. The first-order valence-corrected chi connectivity index (χ1v) is 8.95. The maximum absolute atomic E-state index is 12.2. The van der Waals surface area contributed by atoms with Gasteiger partial charge < -0.3 is 19.9 Å². The van der Waals surface area contributed by atoms with Gasteiger partial charge in [0.1, 0.15) is 0 Å². The third kappa shape index (κ3) is 5.74. The average Bonchev–Trinajstić information content (AvgIpc) is 2.58. The highest BCUT2D eigenvalue weighted by atomic mass is 16.5. The van der Waals surface area contributed by atoms with Gasteiger partial charge in [-0.25, -0.2) is 0 Å². The molecule has 1 fully saturated rings. The summed E-state index contributed by atoms with van der Waals surface area (Å²) in [5.41, 5.74) is 1.92. The largest absolute Gasteiger partial charge is 0.378 e. The van der Waals surface area contributed by atoms with Gasteiger partial charge in [0.05, 0.1) is 24.6 Å². The summed E-state index contributed by atoms with van der Waals surface area (Å²) in [6.45, 7) is 9.51. The lowest BCUT2D eigenvalue weighted by atomic mass is 10.1. The van der Waals surface area contributed by atoms with Crippen LogP contribution in [0, 0.1) is 5.92 Å². The van der Waals surface area contributed by atoms with Crippen LogP contribution < -0.4 is 15.1 Å². The first-order valence-electron chi connectivity index (χ1n) is 8.95. The average molecular weight is 347 g/mol. The van der Waals surface area contributed by atoms with E-state index in [9.17, 15) is 9.59 Å². The molecule has 0 saturated carbocycles. The van der Waals surface area contributed by atoms with Crippen molar-refractivity contribution >= 4 is 23.2 Å². The van der Waals surface area contributed by atoms with Crippen LogP contribution in [0.1, 0.15) is 27.2 Å². The van der Waals surface area contributed by atoms with Crippen molar-refractivity contribution in [3.8, 4) is 0 Å². The lowest BCUT2D eigenvalue weighted by molar-refractivity contribution is -0.122. The molecule has 0 radical (unpaired) electrons. The SMILES string of the molecule is CC(=O)N(CCNC(=O)CC(C)C)c1ccccc1N1CCOCC1. The molecule has 6 heteroatoms. The maximum atomic E-state index is 12.2. The molecule has 0 aromatic heterocycles. The summed E-state index contributed by atoms with van der Waals surface area (Å²) in [4.78, 5) is 28.0. The van der Waals surface area contributed by atoms with E-state index in [1.54, 1.807) is 11.8 Å². The minimum absolute atomic E-state index is 0.0277. The molecule has 138 valence electrons. The van der Waals surface area contributed by atoms with E-state index in [0.717, 1.165) is 24.5 Å². The summed E-state index contributed by atoms with van der Waals surface area (Å²) in [5.74, 6) is 0.324.